The van der Waals surface area contributed by atoms with Crippen LogP contribution in [0.3, 0.4) is 0 Å². The predicted octanol–water partition coefficient (Wildman–Crippen LogP) is 1.95. The third kappa shape index (κ3) is 3.93. The number of carbonyl (C=O) groups excluding carboxylic acids is 2. The third-order valence-corrected chi connectivity index (χ3v) is 4.95. The molecule has 0 spiro atoms. The SMILES string of the molecule is O=C1CC(Cc2ccc(NC3CCC(C(=O)O)CC3)cc2)C(=O)N1. The smallest absolute Gasteiger partial charge is 0.306 e. The minimum absolute atomic E-state index is 0.183. The molecule has 24 heavy (non-hydrogen) atoms. The van der Waals surface area contributed by atoms with Crippen LogP contribution in [0.15, 0.2) is 24.3 Å². The monoisotopic (exact) mass is 330 g/mol. The second kappa shape index (κ2) is 7.03. The van der Waals surface area contributed by atoms with Gasteiger partial charge in [0.1, 0.15) is 0 Å². The van der Waals surface area contributed by atoms with Crippen molar-refractivity contribution in [1.29, 1.82) is 0 Å². The van der Waals surface area contributed by atoms with E-state index in [1.54, 1.807) is 0 Å². The van der Waals surface area contributed by atoms with Crippen LogP contribution in [-0.4, -0.2) is 28.9 Å². The molecule has 6 heteroatoms. The fourth-order valence-corrected chi connectivity index (χ4v) is 3.51. The molecule has 2 amide bonds. The van der Waals surface area contributed by atoms with E-state index in [2.05, 4.69) is 10.6 Å². The van der Waals surface area contributed by atoms with Gasteiger partial charge in [0.15, 0.2) is 0 Å². The van der Waals surface area contributed by atoms with Crippen molar-refractivity contribution in [3.8, 4) is 0 Å². The van der Waals surface area contributed by atoms with Gasteiger partial charge in [-0.2, -0.15) is 0 Å². The Labute approximate surface area is 140 Å². The van der Waals surface area contributed by atoms with E-state index in [9.17, 15) is 14.4 Å². The Balaban J connectivity index is 1.51. The van der Waals surface area contributed by atoms with Gasteiger partial charge < -0.3 is 10.4 Å². The number of hydrogen-bond donors (Lipinski definition) is 3. The van der Waals surface area contributed by atoms with Crippen molar-refractivity contribution in [2.24, 2.45) is 11.8 Å². The number of hydrogen-bond acceptors (Lipinski definition) is 4. The second-order valence-electron chi connectivity index (χ2n) is 6.75. The molecule has 6 nitrogen and oxygen atoms in total. The summed E-state index contributed by atoms with van der Waals surface area (Å²) in [6, 6.07) is 8.22. The lowest BCUT2D eigenvalue weighted by atomic mass is 9.86. The van der Waals surface area contributed by atoms with Crippen molar-refractivity contribution in [1.82, 2.24) is 5.32 Å². The van der Waals surface area contributed by atoms with Crippen LogP contribution in [0.4, 0.5) is 5.69 Å². The molecule has 3 N–H and O–H groups in total. The first kappa shape index (κ1) is 16.5. The molecule has 1 aliphatic carbocycles. The molecule has 1 unspecified atom stereocenters. The summed E-state index contributed by atoms with van der Waals surface area (Å²) in [6.45, 7) is 0. The highest BCUT2D eigenvalue weighted by Crippen LogP contribution is 2.27. The predicted molar refractivity (Wildman–Crippen MR) is 88.4 cm³/mol. The molecule has 1 saturated heterocycles. The molecule has 0 bridgehead atoms. The Morgan fingerprint density at radius 3 is 2.33 bits per heavy atom. The lowest BCUT2D eigenvalue weighted by Gasteiger charge is -2.27. The van der Waals surface area contributed by atoms with Gasteiger partial charge in [-0.15, -0.1) is 0 Å². The molecule has 0 aromatic heterocycles. The number of imide groups is 1. The maximum absolute atomic E-state index is 11.6. The Morgan fingerprint density at radius 2 is 1.79 bits per heavy atom. The first-order valence-electron chi connectivity index (χ1n) is 8.43. The summed E-state index contributed by atoms with van der Waals surface area (Å²) >= 11 is 0. The van der Waals surface area contributed by atoms with E-state index in [1.807, 2.05) is 24.3 Å². The van der Waals surface area contributed by atoms with Crippen LogP contribution in [-0.2, 0) is 20.8 Å². The summed E-state index contributed by atoms with van der Waals surface area (Å²) in [5.41, 5.74) is 2.04. The van der Waals surface area contributed by atoms with Gasteiger partial charge in [-0.3, -0.25) is 19.7 Å². The Kier molecular flexibility index (Phi) is 4.83. The fraction of sp³-hybridized carbons (Fsp3) is 0.500. The standard InChI is InChI=1S/C18H22N2O4/c21-16-10-13(17(22)20-16)9-11-1-5-14(6-2-11)19-15-7-3-12(4-8-15)18(23)24/h1-2,5-6,12-13,15,19H,3-4,7-10H2,(H,23,24)(H,20,21,22). The quantitative estimate of drug-likeness (QED) is 0.717. The second-order valence-corrected chi connectivity index (χ2v) is 6.75. The van der Waals surface area contributed by atoms with Crippen LogP contribution in [0.25, 0.3) is 0 Å². The zero-order valence-electron chi connectivity index (χ0n) is 13.5. The van der Waals surface area contributed by atoms with Gasteiger partial charge in [0.25, 0.3) is 0 Å². The number of carboxylic acids is 1. The number of anilines is 1. The first-order valence-corrected chi connectivity index (χ1v) is 8.43. The molecule has 1 saturated carbocycles. The van der Waals surface area contributed by atoms with Gasteiger partial charge in [0.2, 0.25) is 11.8 Å². The molecule has 1 atom stereocenters. The van der Waals surface area contributed by atoms with E-state index in [-0.39, 0.29) is 30.1 Å². The number of rotatable bonds is 5. The zero-order valence-corrected chi connectivity index (χ0v) is 13.5. The van der Waals surface area contributed by atoms with Gasteiger partial charge in [-0.1, -0.05) is 12.1 Å². The molecule has 2 fully saturated rings. The largest absolute Gasteiger partial charge is 0.481 e. The van der Waals surface area contributed by atoms with Gasteiger partial charge in [-0.25, -0.2) is 0 Å². The van der Waals surface area contributed by atoms with E-state index in [1.165, 1.54) is 0 Å². The van der Waals surface area contributed by atoms with Crippen molar-refractivity contribution >= 4 is 23.5 Å². The lowest BCUT2D eigenvalue weighted by molar-refractivity contribution is -0.142. The first-order chi connectivity index (χ1) is 11.5. The molecule has 1 aromatic rings. The summed E-state index contributed by atoms with van der Waals surface area (Å²) in [5, 5.41) is 14.8. The summed E-state index contributed by atoms with van der Waals surface area (Å²) < 4.78 is 0. The maximum atomic E-state index is 11.6. The van der Waals surface area contributed by atoms with Gasteiger partial charge in [0.05, 0.1) is 11.8 Å². The van der Waals surface area contributed by atoms with Crippen LogP contribution in [0.2, 0.25) is 0 Å². The van der Waals surface area contributed by atoms with Gasteiger partial charge >= 0.3 is 5.97 Å². The van der Waals surface area contributed by atoms with Crippen molar-refractivity contribution in [3.05, 3.63) is 29.8 Å². The number of amides is 2. The van der Waals surface area contributed by atoms with Crippen molar-refractivity contribution in [2.75, 3.05) is 5.32 Å². The van der Waals surface area contributed by atoms with Crippen molar-refractivity contribution in [2.45, 2.75) is 44.6 Å². The van der Waals surface area contributed by atoms with Gasteiger partial charge in [0, 0.05) is 18.2 Å². The maximum Gasteiger partial charge on any atom is 0.306 e. The highest BCUT2D eigenvalue weighted by molar-refractivity contribution is 6.03. The van der Waals surface area contributed by atoms with Crippen LogP contribution in [0, 0.1) is 11.8 Å². The molecular weight excluding hydrogens is 308 g/mol. The molecule has 0 radical (unpaired) electrons. The van der Waals surface area contributed by atoms with Crippen LogP contribution in [0.1, 0.15) is 37.7 Å². The summed E-state index contributed by atoms with van der Waals surface area (Å²) in [6.07, 6.45) is 4.01. The van der Waals surface area contributed by atoms with Crippen LogP contribution < -0.4 is 10.6 Å². The Morgan fingerprint density at radius 1 is 1.12 bits per heavy atom. The zero-order chi connectivity index (χ0) is 17.1. The Bertz CT molecular complexity index is 633. The number of benzene rings is 1. The topological polar surface area (TPSA) is 95.5 Å². The fourth-order valence-electron chi connectivity index (χ4n) is 3.51. The van der Waals surface area contributed by atoms with Crippen molar-refractivity contribution in [3.63, 3.8) is 0 Å². The average molecular weight is 330 g/mol. The normalized spacial score (nSPS) is 26.9. The van der Waals surface area contributed by atoms with E-state index >= 15 is 0 Å². The summed E-state index contributed by atoms with van der Waals surface area (Å²) in [7, 11) is 0. The van der Waals surface area contributed by atoms with Crippen LogP contribution >= 0.6 is 0 Å². The highest BCUT2D eigenvalue weighted by atomic mass is 16.4. The number of aliphatic carboxylic acids is 1. The number of carbonyl (C=O) groups is 3. The van der Waals surface area contributed by atoms with E-state index in [4.69, 9.17) is 5.11 Å². The molecule has 1 aromatic carbocycles. The highest BCUT2D eigenvalue weighted by Gasteiger charge is 2.30. The molecule has 2 aliphatic rings. The minimum Gasteiger partial charge on any atom is -0.481 e. The number of carboxylic acid groups (broad SMARTS) is 1. The summed E-state index contributed by atoms with van der Waals surface area (Å²) in [4.78, 5) is 33.8. The molecular formula is C18H22N2O4. The molecule has 128 valence electrons. The lowest BCUT2D eigenvalue weighted by Crippen LogP contribution is -2.29. The molecule has 1 heterocycles. The summed E-state index contributed by atoms with van der Waals surface area (Å²) in [5.74, 6) is -1.53. The van der Waals surface area contributed by atoms with E-state index < -0.39 is 5.97 Å². The van der Waals surface area contributed by atoms with Crippen molar-refractivity contribution < 1.29 is 19.5 Å². The van der Waals surface area contributed by atoms with E-state index in [0.717, 1.165) is 36.9 Å². The van der Waals surface area contributed by atoms with Gasteiger partial charge in [-0.05, 0) is 49.8 Å². The number of nitrogens with one attached hydrogen (secondary N) is 2. The minimum atomic E-state index is -0.688. The average Bonchev–Trinajstić information content (AvgIpc) is 2.87. The Hall–Kier alpha value is -2.37. The molecule has 3 rings (SSSR count). The van der Waals surface area contributed by atoms with Crippen LogP contribution in [0.5, 0.6) is 0 Å². The molecule has 1 aliphatic heterocycles. The third-order valence-electron chi connectivity index (χ3n) is 4.95. The van der Waals surface area contributed by atoms with E-state index in [0.29, 0.717) is 12.5 Å².